The summed E-state index contributed by atoms with van der Waals surface area (Å²) in [6, 6.07) is 12.7. The number of para-hydroxylation sites is 4. The van der Waals surface area contributed by atoms with Crippen LogP contribution >= 0.6 is 0 Å². The second-order valence-corrected chi connectivity index (χ2v) is 5.38. The number of aromatic nitrogens is 1. The summed E-state index contributed by atoms with van der Waals surface area (Å²) in [5.41, 5.74) is 1.24. The molecule has 9 heteroatoms. The minimum atomic E-state index is -3.03. The molecular weight excluding hydrogens is 374 g/mol. The minimum absolute atomic E-state index is 0.0332. The number of amides is 1. The normalized spacial score (nSPS) is 11.1. The van der Waals surface area contributed by atoms with E-state index < -0.39 is 25.1 Å². The van der Waals surface area contributed by atoms with E-state index in [9.17, 15) is 18.4 Å². The van der Waals surface area contributed by atoms with Crippen molar-refractivity contribution in [3.05, 3.63) is 60.5 Å². The zero-order valence-corrected chi connectivity index (χ0v) is 14.3. The molecule has 0 bridgehead atoms. The number of fused-ring (bicyclic) bond motifs is 1. The third-order valence-electron chi connectivity index (χ3n) is 3.40. The summed E-state index contributed by atoms with van der Waals surface area (Å²) in [4.78, 5) is 27.7. The highest BCUT2D eigenvalue weighted by Crippen LogP contribution is 2.25. The van der Waals surface area contributed by atoms with Crippen LogP contribution in [0.4, 0.5) is 14.5 Å². The summed E-state index contributed by atoms with van der Waals surface area (Å²) in [5.74, 6) is -1.50. The molecule has 1 amide bonds. The second-order valence-electron chi connectivity index (χ2n) is 5.38. The molecule has 28 heavy (non-hydrogen) atoms. The zero-order valence-electron chi connectivity index (χ0n) is 14.3. The molecule has 144 valence electrons. The summed E-state index contributed by atoms with van der Waals surface area (Å²) in [6.45, 7) is -3.65. The summed E-state index contributed by atoms with van der Waals surface area (Å²) >= 11 is 0. The molecule has 1 N–H and O–H groups in total. The van der Waals surface area contributed by atoms with Gasteiger partial charge in [0.05, 0.1) is 5.69 Å². The van der Waals surface area contributed by atoms with Crippen molar-refractivity contribution in [2.75, 3.05) is 11.9 Å². The molecule has 7 nitrogen and oxygen atoms in total. The standard InChI is InChI=1S/C19H14F2N2O5/c20-19(21)28-15-8-4-1-5-12(15)22-16(24)11-26-18(25)10-9-17-23-13-6-2-3-7-14(13)27-17/h1-10,19H,11H2,(H,22,24)/b10-9+. The summed E-state index contributed by atoms with van der Waals surface area (Å²) in [6.07, 6.45) is 2.37. The summed E-state index contributed by atoms with van der Waals surface area (Å²) in [7, 11) is 0. The lowest BCUT2D eigenvalue weighted by Gasteiger charge is -2.11. The molecule has 0 aliphatic rings. The molecule has 0 saturated heterocycles. The molecule has 0 radical (unpaired) electrons. The highest BCUT2D eigenvalue weighted by molar-refractivity contribution is 5.95. The van der Waals surface area contributed by atoms with E-state index >= 15 is 0 Å². The largest absolute Gasteiger partial charge is 0.452 e. The SMILES string of the molecule is O=C(COC(=O)/C=C/c1nc2ccccc2o1)Nc1ccccc1OC(F)F. The van der Waals surface area contributed by atoms with Gasteiger partial charge in [0.15, 0.2) is 12.2 Å². The van der Waals surface area contributed by atoms with Crippen molar-refractivity contribution < 1.29 is 32.3 Å². The Labute approximate surface area is 157 Å². The number of ether oxygens (including phenoxy) is 2. The molecule has 0 fully saturated rings. The number of rotatable bonds is 7. The van der Waals surface area contributed by atoms with E-state index in [4.69, 9.17) is 9.15 Å². The molecule has 0 atom stereocenters. The number of oxazole rings is 1. The first-order chi connectivity index (χ1) is 13.5. The monoisotopic (exact) mass is 388 g/mol. The molecule has 0 saturated carbocycles. The Hall–Kier alpha value is -3.75. The van der Waals surface area contributed by atoms with E-state index in [-0.39, 0.29) is 17.3 Å². The number of hydrogen-bond acceptors (Lipinski definition) is 6. The number of alkyl halides is 2. The molecule has 0 aliphatic carbocycles. The van der Waals surface area contributed by atoms with E-state index in [2.05, 4.69) is 15.0 Å². The number of carbonyl (C=O) groups is 2. The third kappa shape index (κ3) is 5.13. The van der Waals surface area contributed by atoms with Crippen molar-refractivity contribution in [3.8, 4) is 5.75 Å². The first kappa shape index (κ1) is 19.0. The predicted octanol–water partition coefficient (Wildman–Crippen LogP) is 3.62. The lowest BCUT2D eigenvalue weighted by atomic mass is 10.3. The fourth-order valence-electron chi connectivity index (χ4n) is 2.24. The van der Waals surface area contributed by atoms with Crippen LogP contribution in [-0.2, 0) is 14.3 Å². The Bertz CT molecular complexity index is 983. The molecule has 1 heterocycles. The number of esters is 1. The third-order valence-corrected chi connectivity index (χ3v) is 3.40. The van der Waals surface area contributed by atoms with Crippen LogP contribution < -0.4 is 10.1 Å². The van der Waals surface area contributed by atoms with Crippen LogP contribution in [0.3, 0.4) is 0 Å². The van der Waals surface area contributed by atoms with Gasteiger partial charge in [0.1, 0.15) is 11.3 Å². The van der Waals surface area contributed by atoms with Crippen molar-refractivity contribution in [1.29, 1.82) is 0 Å². The van der Waals surface area contributed by atoms with Crippen molar-refractivity contribution >= 4 is 34.7 Å². The highest BCUT2D eigenvalue weighted by atomic mass is 19.3. The Morgan fingerprint density at radius 2 is 1.89 bits per heavy atom. The maximum absolute atomic E-state index is 12.4. The molecule has 0 aliphatic heterocycles. The van der Waals surface area contributed by atoms with Crippen molar-refractivity contribution in [2.45, 2.75) is 6.61 Å². The maximum atomic E-state index is 12.4. The van der Waals surface area contributed by atoms with Gasteiger partial charge in [0, 0.05) is 12.2 Å². The van der Waals surface area contributed by atoms with Crippen LogP contribution in [0, 0.1) is 0 Å². The number of nitrogens with zero attached hydrogens (tertiary/aromatic N) is 1. The molecule has 0 spiro atoms. The van der Waals surface area contributed by atoms with Gasteiger partial charge in [-0.25, -0.2) is 9.78 Å². The van der Waals surface area contributed by atoms with Crippen molar-refractivity contribution in [3.63, 3.8) is 0 Å². The molecular formula is C19H14F2N2O5. The number of benzene rings is 2. The maximum Gasteiger partial charge on any atom is 0.387 e. The average molecular weight is 388 g/mol. The summed E-state index contributed by atoms with van der Waals surface area (Å²) in [5, 5.41) is 2.33. The number of hydrogen-bond donors (Lipinski definition) is 1. The number of carbonyl (C=O) groups excluding carboxylic acids is 2. The predicted molar refractivity (Wildman–Crippen MR) is 95.7 cm³/mol. The van der Waals surface area contributed by atoms with Crippen LogP contribution in [0.1, 0.15) is 5.89 Å². The van der Waals surface area contributed by atoms with Gasteiger partial charge in [-0.2, -0.15) is 8.78 Å². The van der Waals surface area contributed by atoms with Gasteiger partial charge in [0.2, 0.25) is 5.89 Å². The van der Waals surface area contributed by atoms with Crippen LogP contribution in [0.5, 0.6) is 5.75 Å². The molecule has 1 aromatic heterocycles. The fraction of sp³-hybridized carbons (Fsp3) is 0.105. The Morgan fingerprint density at radius 1 is 1.14 bits per heavy atom. The van der Waals surface area contributed by atoms with Gasteiger partial charge < -0.3 is 19.2 Å². The van der Waals surface area contributed by atoms with Gasteiger partial charge in [-0.1, -0.05) is 24.3 Å². The first-order valence-corrected chi connectivity index (χ1v) is 8.05. The molecule has 2 aromatic carbocycles. The Morgan fingerprint density at radius 3 is 2.68 bits per heavy atom. The van der Waals surface area contributed by atoms with E-state index in [1.807, 2.05) is 0 Å². The lowest BCUT2D eigenvalue weighted by molar-refractivity contribution is -0.142. The van der Waals surface area contributed by atoms with Gasteiger partial charge in [-0.3, -0.25) is 4.79 Å². The Balaban J connectivity index is 1.52. The molecule has 0 unspecified atom stereocenters. The topological polar surface area (TPSA) is 90.7 Å². The van der Waals surface area contributed by atoms with Crippen LogP contribution in [0.2, 0.25) is 0 Å². The van der Waals surface area contributed by atoms with Crippen LogP contribution in [0.25, 0.3) is 17.2 Å². The van der Waals surface area contributed by atoms with E-state index in [0.29, 0.717) is 11.1 Å². The van der Waals surface area contributed by atoms with E-state index in [0.717, 1.165) is 6.08 Å². The van der Waals surface area contributed by atoms with Crippen molar-refractivity contribution in [2.24, 2.45) is 0 Å². The average Bonchev–Trinajstić information content (AvgIpc) is 3.09. The van der Waals surface area contributed by atoms with Crippen LogP contribution in [0.15, 0.2) is 59.0 Å². The van der Waals surface area contributed by atoms with Gasteiger partial charge in [0.25, 0.3) is 5.91 Å². The smallest absolute Gasteiger partial charge is 0.387 e. The van der Waals surface area contributed by atoms with Gasteiger partial charge in [-0.05, 0) is 24.3 Å². The number of halogens is 2. The zero-order chi connectivity index (χ0) is 19.9. The van der Waals surface area contributed by atoms with Gasteiger partial charge in [-0.15, -0.1) is 0 Å². The fourth-order valence-corrected chi connectivity index (χ4v) is 2.24. The Kier molecular flexibility index (Phi) is 5.95. The lowest BCUT2D eigenvalue weighted by Crippen LogP contribution is -2.20. The number of nitrogens with one attached hydrogen (secondary N) is 1. The van der Waals surface area contributed by atoms with E-state index in [1.165, 1.54) is 30.3 Å². The van der Waals surface area contributed by atoms with Crippen LogP contribution in [-0.4, -0.2) is 30.1 Å². The van der Waals surface area contributed by atoms with E-state index in [1.54, 1.807) is 24.3 Å². The number of anilines is 1. The minimum Gasteiger partial charge on any atom is -0.452 e. The summed E-state index contributed by atoms with van der Waals surface area (Å²) < 4.78 is 39.2. The highest BCUT2D eigenvalue weighted by Gasteiger charge is 2.12. The van der Waals surface area contributed by atoms with Crippen molar-refractivity contribution in [1.82, 2.24) is 4.98 Å². The first-order valence-electron chi connectivity index (χ1n) is 8.05. The quantitative estimate of drug-likeness (QED) is 0.491. The molecule has 3 aromatic rings. The molecule has 3 rings (SSSR count). The second kappa shape index (κ2) is 8.76. The van der Waals surface area contributed by atoms with Gasteiger partial charge >= 0.3 is 12.6 Å².